The lowest BCUT2D eigenvalue weighted by Gasteiger charge is -2.11. The van der Waals surface area contributed by atoms with Crippen molar-refractivity contribution in [3.63, 3.8) is 0 Å². The van der Waals surface area contributed by atoms with Crippen molar-refractivity contribution in [2.75, 3.05) is 5.32 Å². The van der Waals surface area contributed by atoms with E-state index in [1.807, 2.05) is 0 Å². The Hall–Kier alpha value is -1.25. The first kappa shape index (κ1) is 11.8. The van der Waals surface area contributed by atoms with E-state index >= 15 is 0 Å². The fraction of sp³-hybridized carbons (Fsp3) is 0.500. The van der Waals surface area contributed by atoms with E-state index in [4.69, 9.17) is 0 Å². The second-order valence-corrected chi connectivity index (χ2v) is 3.93. The van der Waals surface area contributed by atoms with E-state index in [0.29, 0.717) is 0 Å². The van der Waals surface area contributed by atoms with Gasteiger partial charge in [-0.05, 0) is 18.7 Å². The summed E-state index contributed by atoms with van der Waals surface area (Å²) in [6.07, 6.45) is 1.14. The third kappa shape index (κ3) is 4.19. The number of nitrogens with one attached hydrogen (secondary N) is 2. The molecule has 0 bridgehead atoms. The van der Waals surface area contributed by atoms with Crippen molar-refractivity contribution >= 4 is 23.6 Å². The number of thioether (sulfide) groups is 1. The topological polar surface area (TPSA) is 70.7 Å². The van der Waals surface area contributed by atoms with Crippen LogP contribution in [-0.2, 0) is 4.79 Å². The fourth-order valence-electron chi connectivity index (χ4n) is 0.738. The van der Waals surface area contributed by atoms with Crippen LogP contribution >= 0.6 is 11.8 Å². The summed E-state index contributed by atoms with van der Waals surface area (Å²) in [5, 5.41) is 6.65. The van der Waals surface area contributed by atoms with Crippen LogP contribution in [0.3, 0.4) is 0 Å². The van der Waals surface area contributed by atoms with E-state index in [2.05, 4.69) is 20.5 Å². The van der Waals surface area contributed by atoms with Gasteiger partial charge in [-0.2, -0.15) is 23.3 Å². The standard InChI is InChI=1S/C6H7F3N4OS/c1-3(15-6(7,8)9)4(14)12-5-10-2-11-13-5/h2-3H,1H3,(H2,10,11,12,13,14)/t3-/m1/s1. The van der Waals surface area contributed by atoms with Crippen molar-refractivity contribution in [1.82, 2.24) is 15.2 Å². The van der Waals surface area contributed by atoms with Gasteiger partial charge < -0.3 is 0 Å². The Morgan fingerprint density at radius 2 is 2.33 bits per heavy atom. The third-order valence-corrected chi connectivity index (χ3v) is 2.17. The highest BCUT2D eigenvalue weighted by Gasteiger charge is 2.34. The molecule has 1 amide bonds. The van der Waals surface area contributed by atoms with E-state index in [1.54, 1.807) is 0 Å². The number of alkyl halides is 3. The molecule has 84 valence electrons. The molecule has 1 atom stereocenters. The zero-order chi connectivity index (χ0) is 11.5. The molecule has 1 rings (SSSR count). The molecule has 1 aromatic heterocycles. The molecular formula is C6H7F3N4OS. The predicted octanol–water partition coefficient (Wildman–Crippen LogP) is 1.38. The van der Waals surface area contributed by atoms with E-state index in [0.717, 1.165) is 13.3 Å². The van der Waals surface area contributed by atoms with Crippen molar-refractivity contribution in [2.24, 2.45) is 0 Å². The van der Waals surface area contributed by atoms with Crippen molar-refractivity contribution in [3.05, 3.63) is 6.33 Å². The van der Waals surface area contributed by atoms with Gasteiger partial charge in [-0.1, -0.05) is 0 Å². The van der Waals surface area contributed by atoms with Gasteiger partial charge in [0.2, 0.25) is 11.9 Å². The maximum Gasteiger partial charge on any atom is 0.442 e. The number of H-pyrrole nitrogens is 1. The molecule has 0 aliphatic carbocycles. The summed E-state index contributed by atoms with van der Waals surface area (Å²) in [6, 6.07) is 0. The summed E-state index contributed by atoms with van der Waals surface area (Å²) >= 11 is -0.387. The second-order valence-electron chi connectivity index (χ2n) is 2.53. The van der Waals surface area contributed by atoms with E-state index in [1.165, 1.54) is 0 Å². The van der Waals surface area contributed by atoms with Gasteiger partial charge in [0.25, 0.3) is 0 Å². The summed E-state index contributed by atoms with van der Waals surface area (Å²) in [5.74, 6) is -0.760. The third-order valence-electron chi connectivity index (χ3n) is 1.34. The number of carbonyl (C=O) groups is 1. The first-order chi connectivity index (χ1) is 6.88. The largest absolute Gasteiger partial charge is 0.442 e. The molecule has 0 spiro atoms. The molecule has 1 aromatic rings. The van der Waals surface area contributed by atoms with Gasteiger partial charge in [0.15, 0.2) is 0 Å². The van der Waals surface area contributed by atoms with E-state index in [-0.39, 0.29) is 17.7 Å². The van der Waals surface area contributed by atoms with Crippen LogP contribution in [-0.4, -0.2) is 31.8 Å². The summed E-state index contributed by atoms with van der Waals surface area (Å²) in [4.78, 5) is 14.7. The number of halogens is 3. The van der Waals surface area contributed by atoms with Gasteiger partial charge in [0, 0.05) is 0 Å². The number of aromatic nitrogens is 3. The molecular weight excluding hydrogens is 233 g/mol. The smallest absolute Gasteiger partial charge is 0.294 e. The first-order valence-corrected chi connectivity index (χ1v) is 4.67. The molecule has 0 fully saturated rings. The lowest BCUT2D eigenvalue weighted by Crippen LogP contribution is -2.25. The lowest BCUT2D eigenvalue weighted by molar-refractivity contribution is -0.115. The number of hydrogen-bond donors (Lipinski definition) is 2. The molecule has 0 saturated carbocycles. The Bertz CT molecular complexity index is 326. The number of amides is 1. The molecule has 0 aliphatic rings. The molecule has 9 heteroatoms. The van der Waals surface area contributed by atoms with Crippen LogP contribution in [0.5, 0.6) is 0 Å². The number of hydrogen-bond acceptors (Lipinski definition) is 4. The first-order valence-electron chi connectivity index (χ1n) is 3.79. The van der Waals surface area contributed by atoms with Crippen molar-refractivity contribution in [2.45, 2.75) is 17.7 Å². The minimum Gasteiger partial charge on any atom is -0.294 e. The Labute approximate surface area is 86.8 Å². The summed E-state index contributed by atoms with van der Waals surface area (Å²) < 4.78 is 35.7. The zero-order valence-electron chi connectivity index (χ0n) is 7.50. The van der Waals surface area contributed by atoms with Crippen LogP contribution in [0.15, 0.2) is 6.33 Å². The fourth-order valence-corrected chi connectivity index (χ4v) is 1.30. The number of rotatable bonds is 3. The van der Waals surface area contributed by atoms with Gasteiger partial charge >= 0.3 is 5.51 Å². The van der Waals surface area contributed by atoms with Crippen LogP contribution in [0.25, 0.3) is 0 Å². The number of nitrogens with zero attached hydrogens (tertiary/aromatic N) is 2. The highest BCUT2D eigenvalue weighted by Crippen LogP contribution is 2.33. The molecule has 0 saturated heterocycles. The van der Waals surface area contributed by atoms with Gasteiger partial charge in [-0.3, -0.25) is 10.1 Å². The van der Waals surface area contributed by atoms with Gasteiger partial charge in [0.05, 0.1) is 5.25 Å². The second kappa shape index (κ2) is 4.51. The molecule has 1 heterocycles. The summed E-state index contributed by atoms with van der Waals surface area (Å²) in [7, 11) is 0. The normalized spacial score (nSPS) is 13.6. The SMILES string of the molecule is C[C@@H](SC(F)(F)F)C(=O)Nc1ncn[nH]1. The molecule has 0 unspecified atom stereocenters. The highest BCUT2D eigenvalue weighted by atomic mass is 32.2. The van der Waals surface area contributed by atoms with Gasteiger partial charge in [-0.25, -0.2) is 5.10 Å². The quantitative estimate of drug-likeness (QED) is 0.837. The number of anilines is 1. The van der Waals surface area contributed by atoms with Crippen LogP contribution in [0.2, 0.25) is 0 Å². The summed E-state index contributed by atoms with van der Waals surface area (Å²) in [5.41, 5.74) is -4.43. The van der Waals surface area contributed by atoms with Crippen LogP contribution < -0.4 is 5.32 Å². The van der Waals surface area contributed by atoms with Gasteiger partial charge in [-0.15, -0.1) is 0 Å². The minimum absolute atomic E-state index is 0.0228. The van der Waals surface area contributed by atoms with Crippen LogP contribution in [0.4, 0.5) is 19.1 Å². The molecule has 0 aliphatic heterocycles. The number of carbonyl (C=O) groups excluding carboxylic acids is 1. The van der Waals surface area contributed by atoms with E-state index in [9.17, 15) is 18.0 Å². The van der Waals surface area contributed by atoms with Crippen LogP contribution in [0, 0.1) is 0 Å². The molecule has 2 N–H and O–H groups in total. The molecule has 5 nitrogen and oxygen atoms in total. The average Bonchev–Trinajstić information content (AvgIpc) is 2.53. The zero-order valence-corrected chi connectivity index (χ0v) is 8.32. The maximum absolute atomic E-state index is 11.9. The number of aromatic amines is 1. The maximum atomic E-state index is 11.9. The van der Waals surface area contributed by atoms with Crippen LogP contribution in [0.1, 0.15) is 6.92 Å². The predicted molar refractivity (Wildman–Crippen MR) is 48.1 cm³/mol. The average molecular weight is 240 g/mol. The summed E-state index contributed by atoms with van der Waals surface area (Å²) in [6.45, 7) is 1.16. The lowest BCUT2D eigenvalue weighted by atomic mass is 10.4. The Morgan fingerprint density at radius 1 is 1.67 bits per heavy atom. The van der Waals surface area contributed by atoms with Crippen molar-refractivity contribution < 1.29 is 18.0 Å². The van der Waals surface area contributed by atoms with Crippen molar-refractivity contribution in [1.29, 1.82) is 0 Å². The highest BCUT2D eigenvalue weighted by molar-refractivity contribution is 8.01. The Balaban J connectivity index is 2.47. The minimum atomic E-state index is -4.43. The van der Waals surface area contributed by atoms with Gasteiger partial charge in [0.1, 0.15) is 6.33 Å². The Morgan fingerprint density at radius 3 is 2.80 bits per heavy atom. The molecule has 15 heavy (non-hydrogen) atoms. The molecule has 0 aromatic carbocycles. The van der Waals surface area contributed by atoms with E-state index < -0.39 is 16.7 Å². The Kier molecular flexibility index (Phi) is 3.56. The van der Waals surface area contributed by atoms with Crippen molar-refractivity contribution in [3.8, 4) is 0 Å². The molecule has 0 radical (unpaired) electrons. The monoisotopic (exact) mass is 240 g/mol.